The van der Waals surface area contributed by atoms with Gasteiger partial charge < -0.3 is 9.88 Å². The van der Waals surface area contributed by atoms with Crippen LogP contribution in [0.1, 0.15) is 12.0 Å². The second-order valence-corrected chi connectivity index (χ2v) is 5.05. The van der Waals surface area contributed by atoms with Crippen molar-refractivity contribution in [1.29, 1.82) is 0 Å². The van der Waals surface area contributed by atoms with Gasteiger partial charge in [0.15, 0.2) is 0 Å². The lowest BCUT2D eigenvalue weighted by molar-refractivity contribution is 0.661. The van der Waals surface area contributed by atoms with E-state index in [0.29, 0.717) is 0 Å². The van der Waals surface area contributed by atoms with Crippen molar-refractivity contribution in [3.63, 3.8) is 0 Å². The molecular weight excluding hydrogens is 196 g/mol. The minimum atomic E-state index is -0.654. The Balaban J connectivity index is 2.07. The summed E-state index contributed by atoms with van der Waals surface area (Å²) in [6.07, 6.45) is 6.87. The van der Waals surface area contributed by atoms with Crippen molar-refractivity contribution in [3.05, 3.63) is 24.0 Å². The lowest BCUT2D eigenvalue weighted by Gasteiger charge is -2.01. The molecule has 0 aromatic carbocycles. The first kappa shape index (κ1) is 11.5. The summed E-state index contributed by atoms with van der Waals surface area (Å²) in [7, 11) is 1.36. The smallest absolute Gasteiger partial charge is 0.0244 e. The second kappa shape index (κ2) is 5.98. The predicted molar refractivity (Wildman–Crippen MR) is 60.7 cm³/mol. The van der Waals surface area contributed by atoms with E-state index in [1.165, 1.54) is 5.56 Å². The van der Waals surface area contributed by atoms with E-state index < -0.39 is 10.8 Å². The number of hydrogen-bond acceptors (Lipinski definition) is 2. The highest BCUT2D eigenvalue weighted by Crippen LogP contribution is 1.98. The molecule has 0 amide bonds. The van der Waals surface area contributed by atoms with E-state index in [9.17, 15) is 4.21 Å². The highest BCUT2D eigenvalue weighted by molar-refractivity contribution is 7.84. The van der Waals surface area contributed by atoms with Gasteiger partial charge in [-0.25, -0.2) is 0 Å². The van der Waals surface area contributed by atoms with Gasteiger partial charge in [-0.3, -0.25) is 4.21 Å². The molecule has 1 aromatic rings. The Kier molecular flexibility index (Phi) is 4.90. The summed E-state index contributed by atoms with van der Waals surface area (Å²) in [5, 5.41) is 3.32. The minimum Gasteiger partial charge on any atom is -0.357 e. The van der Waals surface area contributed by atoms with Crippen LogP contribution in [0.4, 0.5) is 0 Å². The first-order valence-corrected chi connectivity index (χ1v) is 6.53. The Morgan fingerprint density at radius 1 is 1.57 bits per heavy atom. The van der Waals surface area contributed by atoms with Crippen molar-refractivity contribution in [2.45, 2.75) is 13.0 Å². The highest BCUT2D eigenvalue weighted by atomic mass is 32.2. The normalized spacial score (nSPS) is 13.0. The molecule has 0 fully saturated rings. The summed E-state index contributed by atoms with van der Waals surface area (Å²) >= 11 is 0. The molecule has 1 aromatic heterocycles. The first-order chi connectivity index (χ1) is 6.68. The van der Waals surface area contributed by atoms with Crippen molar-refractivity contribution in [1.82, 2.24) is 9.88 Å². The SMILES string of the molecule is Cn1ccc(CNCCCS(C)=O)c1. The van der Waals surface area contributed by atoms with Crippen LogP contribution in [0.25, 0.3) is 0 Å². The zero-order chi connectivity index (χ0) is 10.4. The van der Waals surface area contributed by atoms with Gasteiger partial charge in [0.25, 0.3) is 0 Å². The molecule has 80 valence electrons. The van der Waals surface area contributed by atoms with Crippen molar-refractivity contribution in [2.24, 2.45) is 7.05 Å². The third kappa shape index (κ3) is 4.58. The number of nitrogens with one attached hydrogen (secondary N) is 1. The van der Waals surface area contributed by atoms with Crippen molar-refractivity contribution >= 4 is 10.8 Å². The van der Waals surface area contributed by atoms with Crippen molar-refractivity contribution in [2.75, 3.05) is 18.6 Å². The Morgan fingerprint density at radius 2 is 2.36 bits per heavy atom. The molecule has 0 saturated heterocycles. The van der Waals surface area contributed by atoms with Crippen LogP contribution in [0, 0.1) is 0 Å². The van der Waals surface area contributed by atoms with Crippen LogP contribution < -0.4 is 5.32 Å². The zero-order valence-electron chi connectivity index (χ0n) is 8.82. The molecule has 0 aliphatic heterocycles. The van der Waals surface area contributed by atoms with Crippen LogP contribution in [-0.4, -0.2) is 27.3 Å². The van der Waals surface area contributed by atoms with Crippen LogP contribution in [0.2, 0.25) is 0 Å². The molecular formula is C10H18N2OS. The number of nitrogens with zero attached hydrogens (tertiary/aromatic N) is 1. The fourth-order valence-electron chi connectivity index (χ4n) is 1.30. The number of rotatable bonds is 6. The van der Waals surface area contributed by atoms with E-state index >= 15 is 0 Å². The molecule has 4 heteroatoms. The van der Waals surface area contributed by atoms with Gasteiger partial charge in [-0.15, -0.1) is 0 Å². The molecule has 3 nitrogen and oxygen atoms in total. The summed E-state index contributed by atoms with van der Waals surface area (Å²) < 4.78 is 12.8. The molecule has 1 heterocycles. The molecule has 14 heavy (non-hydrogen) atoms. The molecule has 1 rings (SSSR count). The van der Waals surface area contributed by atoms with Crippen LogP contribution in [0.3, 0.4) is 0 Å². The summed E-state index contributed by atoms with van der Waals surface area (Å²) in [5.74, 6) is 0.793. The summed E-state index contributed by atoms with van der Waals surface area (Å²) in [5.41, 5.74) is 1.30. The van der Waals surface area contributed by atoms with Crippen LogP contribution >= 0.6 is 0 Å². The van der Waals surface area contributed by atoms with Gasteiger partial charge in [-0.2, -0.15) is 0 Å². The van der Waals surface area contributed by atoms with Gasteiger partial charge in [0, 0.05) is 48.8 Å². The van der Waals surface area contributed by atoms with Crippen molar-refractivity contribution < 1.29 is 4.21 Å². The highest BCUT2D eigenvalue weighted by Gasteiger charge is 1.94. The van der Waals surface area contributed by atoms with Crippen molar-refractivity contribution in [3.8, 4) is 0 Å². The third-order valence-corrected chi connectivity index (χ3v) is 2.87. The van der Waals surface area contributed by atoms with E-state index in [0.717, 1.165) is 25.3 Å². The fourth-order valence-corrected chi connectivity index (χ4v) is 1.85. The fraction of sp³-hybridized carbons (Fsp3) is 0.600. The Bertz CT molecular complexity index is 296. The second-order valence-electron chi connectivity index (χ2n) is 3.49. The molecule has 0 aliphatic rings. The minimum absolute atomic E-state index is 0.654. The van der Waals surface area contributed by atoms with Gasteiger partial charge in [0.1, 0.15) is 0 Å². The first-order valence-electron chi connectivity index (χ1n) is 4.80. The monoisotopic (exact) mass is 214 g/mol. The van der Waals surface area contributed by atoms with Crippen LogP contribution in [-0.2, 0) is 24.4 Å². The molecule has 1 unspecified atom stereocenters. The number of aromatic nitrogens is 1. The van der Waals surface area contributed by atoms with Gasteiger partial charge in [-0.1, -0.05) is 0 Å². The molecule has 0 saturated carbocycles. The molecule has 1 N–H and O–H groups in total. The summed E-state index contributed by atoms with van der Waals surface area (Å²) in [6.45, 7) is 1.84. The third-order valence-electron chi connectivity index (χ3n) is 2.01. The Morgan fingerprint density at radius 3 is 2.93 bits per heavy atom. The molecule has 0 radical (unpaired) electrons. The maximum atomic E-state index is 10.8. The Hall–Kier alpha value is -0.610. The van der Waals surface area contributed by atoms with E-state index in [2.05, 4.69) is 17.6 Å². The van der Waals surface area contributed by atoms with Crippen LogP contribution in [0.5, 0.6) is 0 Å². The lowest BCUT2D eigenvalue weighted by Crippen LogP contribution is -2.16. The summed E-state index contributed by atoms with van der Waals surface area (Å²) in [6, 6.07) is 2.10. The van der Waals surface area contributed by atoms with E-state index in [1.807, 2.05) is 17.8 Å². The number of aryl methyl sites for hydroxylation is 1. The van der Waals surface area contributed by atoms with E-state index in [-0.39, 0.29) is 0 Å². The molecule has 1 atom stereocenters. The van der Waals surface area contributed by atoms with Gasteiger partial charge in [-0.05, 0) is 24.6 Å². The zero-order valence-corrected chi connectivity index (χ0v) is 9.64. The van der Waals surface area contributed by atoms with Gasteiger partial charge in [0.05, 0.1) is 0 Å². The number of hydrogen-bond donors (Lipinski definition) is 1. The molecule has 0 bridgehead atoms. The average Bonchev–Trinajstić information content (AvgIpc) is 2.50. The van der Waals surface area contributed by atoms with Crippen LogP contribution in [0.15, 0.2) is 18.5 Å². The molecule has 0 spiro atoms. The maximum Gasteiger partial charge on any atom is 0.0244 e. The molecule has 0 aliphatic carbocycles. The quantitative estimate of drug-likeness (QED) is 0.713. The van der Waals surface area contributed by atoms with E-state index in [1.54, 1.807) is 6.26 Å². The maximum absolute atomic E-state index is 10.8. The largest absolute Gasteiger partial charge is 0.357 e. The topological polar surface area (TPSA) is 34.0 Å². The average molecular weight is 214 g/mol. The van der Waals surface area contributed by atoms with E-state index in [4.69, 9.17) is 0 Å². The summed E-state index contributed by atoms with van der Waals surface area (Å²) in [4.78, 5) is 0. The van der Waals surface area contributed by atoms with Gasteiger partial charge in [0.2, 0.25) is 0 Å². The van der Waals surface area contributed by atoms with Gasteiger partial charge >= 0.3 is 0 Å². The lowest BCUT2D eigenvalue weighted by atomic mass is 10.3. The standard InChI is InChI=1S/C10H18N2OS/c1-12-6-4-10(9-12)8-11-5-3-7-14(2)13/h4,6,9,11H,3,5,7-8H2,1-2H3. The predicted octanol–water partition coefficient (Wildman–Crippen LogP) is 0.883. The Labute approximate surface area is 88.0 Å².